The number of benzene rings is 1. The number of carbonyl (C=O) groups is 1. The quantitative estimate of drug-likeness (QED) is 0.884. The molecule has 0 saturated carbocycles. The van der Waals surface area contributed by atoms with E-state index in [1.54, 1.807) is 0 Å². The number of morpholine rings is 1. The molecular formula is C18H27ClN4O2. The van der Waals surface area contributed by atoms with Crippen molar-refractivity contribution in [1.29, 1.82) is 0 Å². The molecule has 2 saturated heterocycles. The van der Waals surface area contributed by atoms with Crippen LogP contribution >= 0.6 is 11.6 Å². The fourth-order valence-electron chi connectivity index (χ4n) is 3.35. The highest BCUT2D eigenvalue weighted by Crippen LogP contribution is 2.25. The third-order valence-corrected chi connectivity index (χ3v) is 5.30. The largest absolute Gasteiger partial charge is 0.379 e. The molecule has 0 aliphatic carbocycles. The van der Waals surface area contributed by atoms with Gasteiger partial charge in [-0.25, -0.2) is 4.79 Å². The Hall–Kier alpha value is -1.50. The van der Waals surface area contributed by atoms with Crippen LogP contribution < -0.4 is 10.2 Å². The standard InChI is InChI=1S/C18H27ClN4O2/c1-15(21-10-12-25-13-11-21)14-20-18(24)23-8-6-22(7-9-23)17-5-3-2-4-16(17)19/h2-5,15H,6-14H2,1H3,(H,20,24). The fourth-order valence-corrected chi connectivity index (χ4v) is 3.61. The van der Waals surface area contributed by atoms with Gasteiger partial charge in [-0.1, -0.05) is 23.7 Å². The number of ether oxygens (including phenoxy) is 1. The zero-order valence-corrected chi connectivity index (χ0v) is 15.5. The minimum atomic E-state index is 0.0268. The second-order valence-corrected chi connectivity index (χ2v) is 7.02. The monoisotopic (exact) mass is 366 g/mol. The third kappa shape index (κ3) is 4.77. The molecular weight excluding hydrogens is 340 g/mol. The lowest BCUT2D eigenvalue weighted by Crippen LogP contribution is -2.54. The molecule has 138 valence electrons. The van der Waals surface area contributed by atoms with Gasteiger partial charge >= 0.3 is 6.03 Å². The Morgan fingerprint density at radius 3 is 2.52 bits per heavy atom. The van der Waals surface area contributed by atoms with Crippen LogP contribution in [0, 0.1) is 0 Å². The summed E-state index contributed by atoms with van der Waals surface area (Å²) in [5.74, 6) is 0. The predicted octanol–water partition coefficient (Wildman–Crippen LogP) is 1.89. The van der Waals surface area contributed by atoms with Gasteiger partial charge in [0.25, 0.3) is 0 Å². The van der Waals surface area contributed by atoms with Gasteiger partial charge in [0.15, 0.2) is 0 Å². The molecule has 2 amide bonds. The topological polar surface area (TPSA) is 48.1 Å². The van der Waals surface area contributed by atoms with Gasteiger partial charge in [-0.2, -0.15) is 0 Å². The van der Waals surface area contributed by atoms with Crippen molar-refractivity contribution < 1.29 is 9.53 Å². The molecule has 1 aromatic rings. The van der Waals surface area contributed by atoms with E-state index in [0.29, 0.717) is 25.7 Å². The molecule has 0 radical (unpaired) electrons. The van der Waals surface area contributed by atoms with Crippen molar-refractivity contribution in [2.75, 3.05) is 63.9 Å². The lowest BCUT2D eigenvalue weighted by molar-refractivity contribution is 0.0206. The minimum absolute atomic E-state index is 0.0268. The molecule has 2 fully saturated rings. The maximum Gasteiger partial charge on any atom is 0.317 e. The van der Waals surface area contributed by atoms with Crippen molar-refractivity contribution in [2.24, 2.45) is 0 Å². The van der Waals surface area contributed by atoms with Crippen molar-refractivity contribution in [2.45, 2.75) is 13.0 Å². The van der Waals surface area contributed by atoms with Gasteiger partial charge < -0.3 is 19.9 Å². The van der Waals surface area contributed by atoms with Gasteiger partial charge in [-0.3, -0.25) is 4.90 Å². The van der Waals surface area contributed by atoms with Crippen LogP contribution in [0.1, 0.15) is 6.92 Å². The van der Waals surface area contributed by atoms with E-state index >= 15 is 0 Å². The van der Waals surface area contributed by atoms with E-state index in [0.717, 1.165) is 50.1 Å². The van der Waals surface area contributed by atoms with Crippen LogP contribution in [0.25, 0.3) is 0 Å². The summed E-state index contributed by atoms with van der Waals surface area (Å²) in [4.78, 5) is 18.9. The summed E-state index contributed by atoms with van der Waals surface area (Å²) >= 11 is 6.27. The number of carbonyl (C=O) groups excluding carboxylic acids is 1. The molecule has 0 bridgehead atoms. The number of nitrogens with one attached hydrogen (secondary N) is 1. The molecule has 3 rings (SSSR count). The smallest absolute Gasteiger partial charge is 0.317 e. The fraction of sp³-hybridized carbons (Fsp3) is 0.611. The number of hydrogen-bond donors (Lipinski definition) is 1. The number of urea groups is 1. The highest BCUT2D eigenvalue weighted by Gasteiger charge is 2.23. The van der Waals surface area contributed by atoms with E-state index < -0.39 is 0 Å². The SMILES string of the molecule is CC(CNC(=O)N1CCN(c2ccccc2Cl)CC1)N1CCOCC1. The summed E-state index contributed by atoms with van der Waals surface area (Å²) in [7, 11) is 0. The van der Waals surface area contributed by atoms with Crippen LogP contribution in [-0.2, 0) is 4.74 Å². The number of para-hydroxylation sites is 1. The highest BCUT2D eigenvalue weighted by molar-refractivity contribution is 6.33. The summed E-state index contributed by atoms with van der Waals surface area (Å²) in [5.41, 5.74) is 1.05. The zero-order valence-electron chi connectivity index (χ0n) is 14.8. The van der Waals surface area contributed by atoms with Crippen molar-refractivity contribution >= 4 is 23.3 Å². The second kappa shape index (κ2) is 8.74. The average Bonchev–Trinajstić information content (AvgIpc) is 2.67. The first-order chi connectivity index (χ1) is 12.1. The summed E-state index contributed by atoms with van der Waals surface area (Å²) in [6, 6.07) is 8.22. The first-order valence-electron chi connectivity index (χ1n) is 8.99. The van der Waals surface area contributed by atoms with Crippen LogP contribution in [0.15, 0.2) is 24.3 Å². The Bertz CT molecular complexity index is 572. The molecule has 1 atom stereocenters. The Labute approximate surface area is 154 Å². The maximum absolute atomic E-state index is 12.4. The summed E-state index contributed by atoms with van der Waals surface area (Å²) in [6.45, 7) is 9.29. The van der Waals surface area contributed by atoms with Crippen molar-refractivity contribution in [3.8, 4) is 0 Å². The van der Waals surface area contributed by atoms with Gasteiger partial charge in [-0.15, -0.1) is 0 Å². The van der Waals surface area contributed by atoms with Crippen molar-refractivity contribution in [1.82, 2.24) is 15.1 Å². The molecule has 0 aromatic heterocycles. The van der Waals surface area contributed by atoms with Gasteiger partial charge in [-0.05, 0) is 19.1 Å². The van der Waals surface area contributed by atoms with Crippen LogP contribution in [0.5, 0.6) is 0 Å². The molecule has 0 spiro atoms. The minimum Gasteiger partial charge on any atom is -0.379 e. The molecule has 2 heterocycles. The molecule has 7 heteroatoms. The van der Waals surface area contributed by atoms with E-state index in [1.165, 1.54) is 0 Å². The highest BCUT2D eigenvalue weighted by atomic mass is 35.5. The summed E-state index contributed by atoms with van der Waals surface area (Å²) in [5, 5.41) is 3.84. The van der Waals surface area contributed by atoms with Gasteiger partial charge in [0.1, 0.15) is 0 Å². The van der Waals surface area contributed by atoms with Gasteiger partial charge in [0, 0.05) is 51.9 Å². The number of halogens is 1. The Balaban J connectivity index is 1.43. The van der Waals surface area contributed by atoms with Gasteiger partial charge in [0.05, 0.1) is 23.9 Å². The molecule has 1 N–H and O–H groups in total. The second-order valence-electron chi connectivity index (χ2n) is 6.61. The molecule has 2 aliphatic heterocycles. The molecule has 1 unspecified atom stereocenters. The van der Waals surface area contributed by atoms with Crippen molar-refractivity contribution in [3.05, 3.63) is 29.3 Å². The number of hydrogen-bond acceptors (Lipinski definition) is 4. The lowest BCUT2D eigenvalue weighted by Gasteiger charge is -2.37. The van der Waals surface area contributed by atoms with E-state index in [4.69, 9.17) is 16.3 Å². The normalized spacial score (nSPS) is 20.4. The Morgan fingerprint density at radius 1 is 1.16 bits per heavy atom. The van der Waals surface area contributed by atoms with E-state index in [9.17, 15) is 4.79 Å². The number of rotatable bonds is 4. The number of anilines is 1. The van der Waals surface area contributed by atoms with Crippen molar-refractivity contribution in [3.63, 3.8) is 0 Å². The van der Waals surface area contributed by atoms with E-state index in [2.05, 4.69) is 22.0 Å². The maximum atomic E-state index is 12.4. The zero-order chi connectivity index (χ0) is 17.6. The Kier molecular flexibility index (Phi) is 6.39. The average molecular weight is 367 g/mol. The van der Waals surface area contributed by atoms with Crippen LogP contribution in [0.3, 0.4) is 0 Å². The third-order valence-electron chi connectivity index (χ3n) is 4.98. The lowest BCUT2D eigenvalue weighted by atomic mass is 10.2. The number of amides is 2. The first-order valence-corrected chi connectivity index (χ1v) is 9.37. The van der Waals surface area contributed by atoms with Crippen LogP contribution in [-0.4, -0.2) is 80.9 Å². The van der Waals surface area contributed by atoms with Crippen LogP contribution in [0.4, 0.5) is 10.5 Å². The molecule has 1 aromatic carbocycles. The Morgan fingerprint density at radius 2 is 1.84 bits per heavy atom. The molecule has 6 nitrogen and oxygen atoms in total. The van der Waals surface area contributed by atoms with Crippen LogP contribution in [0.2, 0.25) is 5.02 Å². The predicted molar refractivity (Wildman–Crippen MR) is 100 cm³/mol. The number of nitrogens with zero attached hydrogens (tertiary/aromatic N) is 3. The number of piperazine rings is 1. The van der Waals surface area contributed by atoms with Gasteiger partial charge in [0.2, 0.25) is 0 Å². The molecule has 25 heavy (non-hydrogen) atoms. The van der Waals surface area contributed by atoms with E-state index in [1.807, 2.05) is 29.2 Å². The van der Waals surface area contributed by atoms with E-state index in [-0.39, 0.29) is 6.03 Å². The molecule has 2 aliphatic rings. The summed E-state index contributed by atoms with van der Waals surface area (Å²) in [6.07, 6.45) is 0. The summed E-state index contributed by atoms with van der Waals surface area (Å²) < 4.78 is 5.37. The first kappa shape index (κ1) is 18.3.